The van der Waals surface area contributed by atoms with Gasteiger partial charge in [-0.05, 0) is 42.0 Å². The zero-order valence-corrected chi connectivity index (χ0v) is 26.0. The Balaban J connectivity index is 1.34. The highest BCUT2D eigenvalue weighted by Crippen LogP contribution is 2.49. The second kappa shape index (κ2) is 9.92. The number of thiophene rings is 1. The van der Waals surface area contributed by atoms with Gasteiger partial charge >= 0.3 is 0 Å². The molecule has 7 aromatic carbocycles. The van der Waals surface area contributed by atoms with E-state index in [4.69, 9.17) is 6.57 Å². The molecular formula is C43H25N3S. The summed E-state index contributed by atoms with van der Waals surface area (Å²) in [6.07, 6.45) is 0. The van der Waals surface area contributed by atoms with E-state index in [1.54, 1.807) is 0 Å². The van der Waals surface area contributed by atoms with Crippen LogP contribution in [0.5, 0.6) is 0 Å². The maximum atomic E-state index is 8.31. The van der Waals surface area contributed by atoms with Crippen molar-refractivity contribution in [2.45, 2.75) is 0 Å². The first kappa shape index (κ1) is 26.1. The minimum atomic E-state index is 0.651. The monoisotopic (exact) mass is 615 g/mol. The van der Waals surface area contributed by atoms with Gasteiger partial charge < -0.3 is 9.13 Å². The summed E-state index contributed by atoms with van der Waals surface area (Å²) in [5, 5.41) is 7.35. The molecule has 0 fully saturated rings. The number of rotatable bonds is 3. The molecule has 0 bridgehead atoms. The maximum absolute atomic E-state index is 8.31. The average Bonchev–Trinajstić information content (AvgIpc) is 3.79. The summed E-state index contributed by atoms with van der Waals surface area (Å²) in [6, 6.07) is 53.8. The van der Waals surface area contributed by atoms with E-state index in [-0.39, 0.29) is 0 Å². The van der Waals surface area contributed by atoms with Crippen molar-refractivity contribution >= 4 is 80.8 Å². The number of aromatic nitrogens is 2. The van der Waals surface area contributed by atoms with Crippen molar-refractivity contribution in [3.8, 4) is 22.5 Å². The molecule has 0 atom stereocenters. The molecule has 0 aliphatic rings. The lowest BCUT2D eigenvalue weighted by Gasteiger charge is -2.16. The fraction of sp³-hybridized carbons (Fsp3) is 0. The highest BCUT2D eigenvalue weighted by molar-refractivity contribution is 7.27. The minimum Gasteiger partial charge on any atom is -0.310 e. The highest BCUT2D eigenvalue weighted by atomic mass is 32.1. The summed E-state index contributed by atoms with van der Waals surface area (Å²) in [5.74, 6) is 0. The Labute approximate surface area is 274 Å². The van der Waals surface area contributed by atoms with E-state index in [0.29, 0.717) is 5.69 Å². The van der Waals surface area contributed by atoms with Crippen LogP contribution in [0.2, 0.25) is 0 Å². The third-order valence-corrected chi connectivity index (χ3v) is 10.8. The molecule has 3 aromatic heterocycles. The summed E-state index contributed by atoms with van der Waals surface area (Å²) in [6.45, 7) is 8.31. The van der Waals surface area contributed by atoms with Crippen LogP contribution in [0, 0.1) is 6.57 Å². The quantitative estimate of drug-likeness (QED) is 0.176. The van der Waals surface area contributed by atoms with Crippen LogP contribution in [0.3, 0.4) is 0 Å². The van der Waals surface area contributed by atoms with Gasteiger partial charge in [0.05, 0.1) is 33.3 Å². The van der Waals surface area contributed by atoms with Crippen LogP contribution in [-0.4, -0.2) is 9.13 Å². The van der Waals surface area contributed by atoms with Crippen molar-refractivity contribution in [2.24, 2.45) is 0 Å². The van der Waals surface area contributed by atoms with E-state index in [1.807, 2.05) is 23.5 Å². The Morgan fingerprint density at radius 2 is 1.00 bits per heavy atom. The van der Waals surface area contributed by atoms with Gasteiger partial charge in [-0.2, -0.15) is 0 Å². The number of hydrogen-bond donors (Lipinski definition) is 0. The predicted octanol–water partition coefficient (Wildman–Crippen LogP) is 12.5. The summed E-state index contributed by atoms with van der Waals surface area (Å²) in [7, 11) is 0. The smallest absolute Gasteiger partial charge is 0.197 e. The van der Waals surface area contributed by atoms with E-state index in [1.165, 1.54) is 52.8 Å². The van der Waals surface area contributed by atoms with Gasteiger partial charge in [-0.15, -0.1) is 11.3 Å². The summed E-state index contributed by atoms with van der Waals surface area (Å²) >= 11 is 1.84. The van der Waals surface area contributed by atoms with Crippen molar-refractivity contribution in [2.75, 3.05) is 0 Å². The van der Waals surface area contributed by atoms with E-state index < -0.39 is 0 Å². The second-order valence-corrected chi connectivity index (χ2v) is 13.0. The molecule has 0 saturated heterocycles. The van der Waals surface area contributed by atoms with E-state index in [2.05, 4.69) is 154 Å². The van der Waals surface area contributed by atoms with Crippen LogP contribution >= 0.6 is 11.3 Å². The van der Waals surface area contributed by atoms with Crippen LogP contribution in [-0.2, 0) is 0 Å². The van der Waals surface area contributed by atoms with E-state index in [0.717, 1.165) is 33.5 Å². The predicted molar refractivity (Wildman–Crippen MR) is 200 cm³/mol. The number of benzene rings is 7. The lowest BCUT2D eigenvalue weighted by atomic mass is 9.98. The molecule has 3 heterocycles. The molecular weight excluding hydrogens is 591 g/mol. The van der Waals surface area contributed by atoms with Crippen LogP contribution in [0.15, 0.2) is 152 Å². The van der Waals surface area contributed by atoms with Crippen molar-refractivity contribution in [3.05, 3.63) is 163 Å². The molecule has 47 heavy (non-hydrogen) atoms. The zero-order chi connectivity index (χ0) is 31.1. The van der Waals surface area contributed by atoms with Crippen LogP contribution in [0.25, 0.3) is 91.1 Å². The standard InChI is InChI=1S/C43H25N3S/c1-44-35-20-12-24-39(46-37-22-9-5-15-28(37)29-16-6-10-23-38(29)46)40(35)34-19-11-18-32-33-26-25-31-30-17-7-8-21-36(30)45(27-13-3-2-4-14-27)41(31)43(33)47-42(32)34/h2-26H. The molecule has 0 radical (unpaired) electrons. The molecule has 218 valence electrons. The fourth-order valence-corrected chi connectivity index (χ4v) is 8.97. The topological polar surface area (TPSA) is 14.2 Å². The van der Waals surface area contributed by atoms with Gasteiger partial charge in [0.2, 0.25) is 0 Å². The lowest BCUT2D eigenvalue weighted by Crippen LogP contribution is -1.97. The molecule has 0 saturated carbocycles. The molecule has 0 unspecified atom stereocenters. The molecule has 0 aliphatic heterocycles. The first-order valence-corrected chi connectivity index (χ1v) is 16.6. The van der Waals surface area contributed by atoms with Gasteiger partial charge in [-0.1, -0.05) is 115 Å². The third kappa shape index (κ3) is 3.60. The normalized spacial score (nSPS) is 11.8. The molecule has 0 N–H and O–H groups in total. The Morgan fingerprint density at radius 3 is 1.70 bits per heavy atom. The summed E-state index contributed by atoms with van der Waals surface area (Å²) < 4.78 is 7.20. The first-order valence-electron chi connectivity index (χ1n) is 15.7. The van der Waals surface area contributed by atoms with Crippen molar-refractivity contribution < 1.29 is 0 Å². The zero-order valence-electron chi connectivity index (χ0n) is 25.2. The number of fused-ring (bicyclic) bond motifs is 10. The molecule has 10 aromatic rings. The van der Waals surface area contributed by atoms with Crippen LogP contribution in [0.1, 0.15) is 0 Å². The van der Waals surface area contributed by atoms with E-state index >= 15 is 0 Å². The highest BCUT2D eigenvalue weighted by Gasteiger charge is 2.22. The largest absolute Gasteiger partial charge is 0.310 e. The second-order valence-electron chi connectivity index (χ2n) is 12.0. The van der Waals surface area contributed by atoms with Gasteiger partial charge in [0.25, 0.3) is 0 Å². The first-order chi connectivity index (χ1) is 23.3. The SMILES string of the molecule is [C-]#[N+]c1cccc(-n2c3ccccc3c3ccccc32)c1-c1cccc2c1sc1c2ccc2c3ccccc3n(-c3ccccc3)c21. The molecule has 10 rings (SSSR count). The molecule has 0 spiro atoms. The Hall–Kier alpha value is -6.15. The van der Waals surface area contributed by atoms with Gasteiger partial charge in [-0.3, -0.25) is 0 Å². The Kier molecular flexibility index (Phi) is 5.51. The van der Waals surface area contributed by atoms with Crippen molar-refractivity contribution in [1.29, 1.82) is 0 Å². The minimum absolute atomic E-state index is 0.651. The van der Waals surface area contributed by atoms with Crippen molar-refractivity contribution in [1.82, 2.24) is 9.13 Å². The number of hydrogen-bond acceptors (Lipinski definition) is 1. The van der Waals surface area contributed by atoms with Crippen LogP contribution in [0.4, 0.5) is 5.69 Å². The Bertz CT molecular complexity index is 2860. The lowest BCUT2D eigenvalue weighted by molar-refractivity contribution is 1.18. The van der Waals surface area contributed by atoms with Crippen LogP contribution < -0.4 is 0 Å². The summed E-state index contributed by atoms with van der Waals surface area (Å²) in [5.41, 5.74) is 9.56. The number of para-hydroxylation sites is 4. The van der Waals surface area contributed by atoms with Gasteiger partial charge in [0.15, 0.2) is 5.69 Å². The molecule has 0 aliphatic carbocycles. The summed E-state index contributed by atoms with van der Waals surface area (Å²) in [4.78, 5) is 4.11. The van der Waals surface area contributed by atoms with Gasteiger partial charge in [0, 0.05) is 54.0 Å². The fourth-order valence-electron chi connectivity index (χ4n) is 7.61. The average molecular weight is 616 g/mol. The van der Waals surface area contributed by atoms with Gasteiger partial charge in [-0.25, -0.2) is 4.85 Å². The maximum Gasteiger partial charge on any atom is 0.197 e. The Morgan fingerprint density at radius 1 is 0.447 bits per heavy atom. The van der Waals surface area contributed by atoms with Crippen molar-refractivity contribution in [3.63, 3.8) is 0 Å². The van der Waals surface area contributed by atoms with E-state index in [9.17, 15) is 0 Å². The molecule has 0 amide bonds. The molecule has 4 heteroatoms. The third-order valence-electron chi connectivity index (χ3n) is 9.55. The molecule has 3 nitrogen and oxygen atoms in total. The number of nitrogens with zero attached hydrogens (tertiary/aromatic N) is 3. The van der Waals surface area contributed by atoms with Gasteiger partial charge in [0.1, 0.15) is 0 Å².